The first kappa shape index (κ1) is 15.5. The summed E-state index contributed by atoms with van der Waals surface area (Å²) in [6, 6.07) is 7.22. The van der Waals surface area contributed by atoms with Crippen LogP contribution >= 0.6 is 0 Å². The normalized spacial score (nSPS) is 15.4. The molecule has 2 unspecified atom stereocenters. The number of carbonyl (C=O) groups is 1. The number of hydrogen-bond donors (Lipinski definition) is 1. The number of benzene rings is 1. The second-order valence-corrected chi connectivity index (χ2v) is 4.56. The Morgan fingerprint density at radius 2 is 2.00 bits per heavy atom. The number of ether oxygens (including phenoxy) is 2. The molecule has 0 bridgehead atoms. The zero-order chi connectivity index (χ0) is 14.5. The molecule has 0 saturated carbocycles. The Labute approximate surface area is 114 Å². The maximum Gasteiger partial charge on any atom is 0.311 e. The van der Waals surface area contributed by atoms with E-state index in [1.165, 1.54) is 7.11 Å². The Balaban J connectivity index is 3.20. The molecule has 0 fully saturated rings. The third-order valence-electron chi connectivity index (χ3n) is 3.30. The standard InChI is InChI=1S/C15H22O4/c1-5-11(14(16)18-4)15(3,17)12-9-7-8-10-13(12)19-6-2/h7-11,17H,5-6H2,1-4H3. The minimum absolute atomic E-state index is 0.418. The van der Waals surface area contributed by atoms with Gasteiger partial charge in [0.05, 0.1) is 19.6 Å². The number of rotatable bonds is 6. The van der Waals surface area contributed by atoms with Crippen molar-refractivity contribution in [2.45, 2.75) is 32.8 Å². The predicted octanol–water partition coefficient (Wildman–Crippen LogP) is 2.49. The minimum Gasteiger partial charge on any atom is -0.493 e. The highest BCUT2D eigenvalue weighted by atomic mass is 16.5. The Bertz CT molecular complexity index is 426. The monoisotopic (exact) mass is 266 g/mol. The van der Waals surface area contributed by atoms with Crippen molar-refractivity contribution < 1.29 is 19.4 Å². The molecular formula is C15H22O4. The van der Waals surface area contributed by atoms with Gasteiger partial charge in [-0.1, -0.05) is 25.1 Å². The summed E-state index contributed by atoms with van der Waals surface area (Å²) >= 11 is 0. The molecule has 0 amide bonds. The number of para-hydroxylation sites is 1. The van der Waals surface area contributed by atoms with Crippen LogP contribution in [0, 0.1) is 5.92 Å². The van der Waals surface area contributed by atoms with Crippen molar-refractivity contribution in [3.8, 4) is 5.75 Å². The quantitative estimate of drug-likeness (QED) is 0.804. The molecule has 1 rings (SSSR count). The second-order valence-electron chi connectivity index (χ2n) is 4.56. The van der Waals surface area contributed by atoms with Gasteiger partial charge in [0.2, 0.25) is 0 Å². The molecule has 1 N–H and O–H groups in total. The van der Waals surface area contributed by atoms with E-state index in [2.05, 4.69) is 0 Å². The molecule has 19 heavy (non-hydrogen) atoms. The average molecular weight is 266 g/mol. The number of esters is 1. The molecule has 0 aliphatic rings. The fourth-order valence-corrected chi connectivity index (χ4v) is 2.29. The summed E-state index contributed by atoms with van der Waals surface area (Å²) in [6.45, 7) is 5.85. The van der Waals surface area contributed by atoms with Crippen molar-refractivity contribution in [3.05, 3.63) is 29.8 Å². The molecule has 0 heterocycles. The number of hydrogen-bond acceptors (Lipinski definition) is 4. The second kappa shape index (κ2) is 6.57. The van der Waals surface area contributed by atoms with E-state index in [0.717, 1.165) is 0 Å². The summed E-state index contributed by atoms with van der Waals surface area (Å²) < 4.78 is 10.3. The van der Waals surface area contributed by atoms with Gasteiger partial charge in [0, 0.05) is 5.56 Å². The van der Waals surface area contributed by atoms with Crippen molar-refractivity contribution >= 4 is 5.97 Å². The molecule has 0 aliphatic carbocycles. The van der Waals surface area contributed by atoms with E-state index in [1.807, 2.05) is 26.0 Å². The van der Waals surface area contributed by atoms with E-state index in [4.69, 9.17) is 9.47 Å². The highest BCUT2D eigenvalue weighted by Gasteiger charge is 2.40. The number of carbonyl (C=O) groups excluding carboxylic acids is 1. The maximum absolute atomic E-state index is 11.8. The van der Waals surface area contributed by atoms with Crippen LogP contribution in [-0.4, -0.2) is 24.8 Å². The van der Waals surface area contributed by atoms with Crippen LogP contribution < -0.4 is 4.74 Å². The summed E-state index contributed by atoms with van der Waals surface area (Å²) in [5.74, 6) is -0.449. The lowest BCUT2D eigenvalue weighted by molar-refractivity contribution is -0.155. The van der Waals surface area contributed by atoms with E-state index < -0.39 is 17.5 Å². The van der Waals surface area contributed by atoms with Crippen molar-refractivity contribution in [1.29, 1.82) is 0 Å². The van der Waals surface area contributed by atoms with Gasteiger partial charge in [-0.25, -0.2) is 0 Å². The molecule has 0 aliphatic heterocycles. The highest BCUT2D eigenvalue weighted by Crippen LogP contribution is 2.37. The zero-order valence-corrected chi connectivity index (χ0v) is 12.0. The van der Waals surface area contributed by atoms with Gasteiger partial charge >= 0.3 is 5.97 Å². The van der Waals surface area contributed by atoms with Gasteiger partial charge in [0.25, 0.3) is 0 Å². The third-order valence-corrected chi connectivity index (χ3v) is 3.30. The summed E-state index contributed by atoms with van der Waals surface area (Å²) in [7, 11) is 1.33. The molecule has 0 aromatic heterocycles. The zero-order valence-electron chi connectivity index (χ0n) is 12.0. The first-order valence-corrected chi connectivity index (χ1v) is 6.51. The Hall–Kier alpha value is -1.55. The van der Waals surface area contributed by atoms with Crippen LogP contribution in [0.5, 0.6) is 5.75 Å². The first-order chi connectivity index (χ1) is 8.98. The van der Waals surface area contributed by atoms with E-state index in [1.54, 1.807) is 19.1 Å². The lowest BCUT2D eigenvalue weighted by Crippen LogP contribution is -2.38. The summed E-state index contributed by atoms with van der Waals surface area (Å²) in [4.78, 5) is 11.8. The van der Waals surface area contributed by atoms with Gasteiger partial charge in [-0.3, -0.25) is 4.79 Å². The first-order valence-electron chi connectivity index (χ1n) is 6.51. The van der Waals surface area contributed by atoms with Gasteiger partial charge in [-0.05, 0) is 26.3 Å². The Morgan fingerprint density at radius 1 is 1.37 bits per heavy atom. The molecule has 2 atom stereocenters. The molecule has 0 saturated heterocycles. The Morgan fingerprint density at radius 3 is 2.53 bits per heavy atom. The van der Waals surface area contributed by atoms with Crippen LogP contribution in [0.15, 0.2) is 24.3 Å². The third kappa shape index (κ3) is 3.26. The van der Waals surface area contributed by atoms with Crippen LogP contribution in [0.1, 0.15) is 32.8 Å². The average Bonchev–Trinajstić information content (AvgIpc) is 2.39. The highest BCUT2D eigenvalue weighted by molar-refractivity contribution is 5.74. The summed E-state index contributed by atoms with van der Waals surface area (Å²) in [6.07, 6.45) is 0.486. The van der Waals surface area contributed by atoms with Crippen LogP contribution in [0.2, 0.25) is 0 Å². The SMILES string of the molecule is CCOc1ccccc1C(C)(O)C(CC)C(=O)OC. The van der Waals surface area contributed by atoms with E-state index in [0.29, 0.717) is 24.3 Å². The maximum atomic E-state index is 11.8. The molecule has 106 valence electrons. The van der Waals surface area contributed by atoms with Gasteiger partial charge in [-0.2, -0.15) is 0 Å². The molecule has 4 nitrogen and oxygen atoms in total. The summed E-state index contributed by atoms with van der Waals surface area (Å²) in [5, 5.41) is 10.8. The van der Waals surface area contributed by atoms with Crippen molar-refractivity contribution in [2.24, 2.45) is 5.92 Å². The van der Waals surface area contributed by atoms with Gasteiger partial charge in [0.1, 0.15) is 11.4 Å². The molecule has 4 heteroatoms. The van der Waals surface area contributed by atoms with Crippen LogP contribution in [0.3, 0.4) is 0 Å². The van der Waals surface area contributed by atoms with E-state index in [9.17, 15) is 9.90 Å². The topological polar surface area (TPSA) is 55.8 Å². The van der Waals surface area contributed by atoms with Gasteiger partial charge < -0.3 is 14.6 Å². The van der Waals surface area contributed by atoms with Gasteiger partial charge in [0.15, 0.2) is 0 Å². The predicted molar refractivity (Wildman–Crippen MR) is 73.0 cm³/mol. The lowest BCUT2D eigenvalue weighted by Gasteiger charge is -2.32. The van der Waals surface area contributed by atoms with Crippen LogP contribution in [0.25, 0.3) is 0 Å². The van der Waals surface area contributed by atoms with Gasteiger partial charge in [-0.15, -0.1) is 0 Å². The molecule has 1 aromatic rings. The van der Waals surface area contributed by atoms with E-state index in [-0.39, 0.29) is 0 Å². The fourth-order valence-electron chi connectivity index (χ4n) is 2.29. The summed E-state index contributed by atoms with van der Waals surface area (Å²) in [5.41, 5.74) is -0.720. The van der Waals surface area contributed by atoms with Crippen molar-refractivity contribution in [1.82, 2.24) is 0 Å². The minimum atomic E-state index is -1.33. The number of methoxy groups -OCH3 is 1. The Kier molecular flexibility index (Phi) is 5.36. The van der Waals surface area contributed by atoms with Crippen molar-refractivity contribution in [3.63, 3.8) is 0 Å². The largest absolute Gasteiger partial charge is 0.493 e. The van der Waals surface area contributed by atoms with E-state index >= 15 is 0 Å². The number of aliphatic hydroxyl groups is 1. The molecule has 1 aromatic carbocycles. The molecule has 0 spiro atoms. The lowest BCUT2D eigenvalue weighted by atomic mass is 9.81. The van der Waals surface area contributed by atoms with Crippen LogP contribution in [-0.2, 0) is 15.1 Å². The van der Waals surface area contributed by atoms with Crippen molar-refractivity contribution in [2.75, 3.05) is 13.7 Å². The smallest absolute Gasteiger partial charge is 0.311 e. The fraction of sp³-hybridized carbons (Fsp3) is 0.533. The molecular weight excluding hydrogens is 244 g/mol. The molecule has 0 radical (unpaired) electrons. The van der Waals surface area contributed by atoms with Crippen LogP contribution in [0.4, 0.5) is 0 Å².